The Hall–Kier alpha value is -2.73. The fourth-order valence-electron chi connectivity index (χ4n) is 2.91. The summed E-state index contributed by atoms with van der Waals surface area (Å²) >= 11 is 1.33. The number of hydrogen-bond donors (Lipinski definition) is 1. The molecule has 25 heavy (non-hydrogen) atoms. The van der Waals surface area contributed by atoms with Gasteiger partial charge in [-0.2, -0.15) is 10.1 Å². The predicted octanol–water partition coefficient (Wildman–Crippen LogP) is 4.65. The van der Waals surface area contributed by atoms with Crippen molar-refractivity contribution in [1.29, 1.82) is 0 Å². The number of thiazole rings is 1. The Labute approximate surface area is 148 Å². The van der Waals surface area contributed by atoms with Gasteiger partial charge in [-0.05, 0) is 30.2 Å². The minimum atomic E-state index is -0.264. The standard InChI is InChI=1S/C19H16FN3OS/c1-12-2-4-13(5-3-12)16-10-17(14-6-8-15(20)9-7-14)23(22-16)19-21-18(24)11-25-19/h2-9,11,17,24H,10H2,1H3. The van der Waals surface area contributed by atoms with Crippen LogP contribution in [0.15, 0.2) is 59.0 Å². The summed E-state index contributed by atoms with van der Waals surface area (Å²) in [7, 11) is 0. The molecule has 4 rings (SSSR count). The van der Waals surface area contributed by atoms with Crippen molar-refractivity contribution < 1.29 is 9.50 Å². The van der Waals surface area contributed by atoms with Crippen LogP contribution in [0.2, 0.25) is 0 Å². The Balaban J connectivity index is 1.73. The van der Waals surface area contributed by atoms with Crippen LogP contribution in [0.5, 0.6) is 5.88 Å². The van der Waals surface area contributed by atoms with Crippen molar-refractivity contribution in [3.8, 4) is 5.88 Å². The Morgan fingerprint density at radius 2 is 1.84 bits per heavy atom. The van der Waals surface area contributed by atoms with E-state index < -0.39 is 0 Å². The van der Waals surface area contributed by atoms with Crippen molar-refractivity contribution in [3.63, 3.8) is 0 Å². The van der Waals surface area contributed by atoms with Crippen molar-refractivity contribution >= 4 is 22.2 Å². The van der Waals surface area contributed by atoms with Crippen LogP contribution in [0.3, 0.4) is 0 Å². The van der Waals surface area contributed by atoms with Crippen molar-refractivity contribution in [1.82, 2.24) is 4.98 Å². The van der Waals surface area contributed by atoms with Crippen molar-refractivity contribution in [3.05, 3.63) is 76.4 Å². The van der Waals surface area contributed by atoms with E-state index in [0.717, 1.165) is 16.8 Å². The second-order valence-corrected chi connectivity index (χ2v) is 6.85. The third kappa shape index (κ3) is 3.13. The van der Waals surface area contributed by atoms with E-state index in [1.165, 1.54) is 29.0 Å². The van der Waals surface area contributed by atoms with Gasteiger partial charge in [-0.3, -0.25) is 0 Å². The van der Waals surface area contributed by atoms with Crippen LogP contribution in [0.1, 0.15) is 29.2 Å². The minimum absolute atomic E-state index is 0.0168. The topological polar surface area (TPSA) is 48.7 Å². The molecule has 0 aliphatic carbocycles. The largest absolute Gasteiger partial charge is 0.493 e. The molecule has 0 spiro atoms. The zero-order valence-corrected chi connectivity index (χ0v) is 14.4. The van der Waals surface area contributed by atoms with Crippen LogP contribution in [0.4, 0.5) is 9.52 Å². The third-order valence-electron chi connectivity index (χ3n) is 4.23. The molecule has 1 unspecified atom stereocenters. The summed E-state index contributed by atoms with van der Waals surface area (Å²) in [5.74, 6) is -0.281. The van der Waals surface area contributed by atoms with Gasteiger partial charge in [-0.15, -0.1) is 0 Å². The Morgan fingerprint density at radius 3 is 2.48 bits per heavy atom. The smallest absolute Gasteiger partial charge is 0.223 e. The molecular formula is C19H16FN3OS. The fraction of sp³-hybridized carbons (Fsp3) is 0.158. The van der Waals surface area contributed by atoms with Crippen LogP contribution in [0, 0.1) is 12.7 Å². The van der Waals surface area contributed by atoms with Crippen LogP contribution >= 0.6 is 11.3 Å². The molecule has 0 fully saturated rings. The summed E-state index contributed by atoms with van der Waals surface area (Å²) in [6.45, 7) is 2.05. The number of hydrogen-bond acceptors (Lipinski definition) is 5. The van der Waals surface area contributed by atoms with E-state index in [-0.39, 0.29) is 17.7 Å². The maximum absolute atomic E-state index is 13.3. The molecule has 126 valence electrons. The monoisotopic (exact) mass is 353 g/mol. The van der Waals surface area contributed by atoms with Crippen LogP contribution < -0.4 is 5.01 Å². The molecule has 6 heteroatoms. The van der Waals surface area contributed by atoms with Gasteiger partial charge in [-0.1, -0.05) is 53.3 Å². The number of aromatic nitrogens is 1. The molecule has 0 saturated carbocycles. The summed E-state index contributed by atoms with van der Waals surface area (Å²) in [5.41, 5.74) is 4.16. The minimum Gasteiger partial charge on any atom is -0.493 e. The number of nitrogens with zero attached hydrogens (tertiary/aromatic N) is 3. The van der Waals surface area contributed by atoms with E-state index in [1.807, 2.05) is 11.9 Å². The Bertz CT molecular complexity index is 919. The first-order valence-corrected chi connectivity index (χ1v) is 8.82. The van der Waals surface area contributed by atoms with Crippen LogP contribution in [-0.4, -0.2) is 15.8 Å². The van der Waals surface area contributed by atoms with Gasteiger partial charge in [0.2, 0.25) is 11.0 Å². The van der Waals surface area contributed by atoms with Gasteiger partial charge in [0, 0.05) is 6.42 Å². The SMILES string of the molecule is Cc1ccc(C2=NN(c3nc(O)cs3)C(c3ccc(F)cc3)C2)cc1. The van der Waals surface area contributed by atoms with Gasteiger partial charge >= 0.3 is 0 Å². The van der Waals surface area contributed by atoms with E-state index in [0.29, 0.717) is 11.6 Å². The highest BCUT2D eigenvalue weighted by molar-refractivity contribution is 7.13. The summed E-state index contributed by atoms with van der Waals surface area (Å²) in [4.78, 5) is 4.15. The second-order valence-electron chi connectivity index (χ2n) is 6.02. The molecule has 3 aromatic rings. The zero-order chi connectivity index (χ0) is 17.4. The summed E-state index contributed by atoms with van der Waals surface area (Å²) in [5, 5.41) is 18.4. The predicted molar refractivity (Wildman–Crippen MR) is 97.7 cm³/mol. The van der Waals surface area contributed by atoms with Gasteiger partial charge in [0.1, 0.15) is 5.82 Å². The number of anilines is 1. The summed E-state index contributed by atoms with van der Waals surface area (Å²) in [6.07, 6.45) is 0.690. The molecule has 0 amide bonds. The molecule has 1 aromatic heterocycles. The molecule has 0 saturated heterocycles. The van der Waals surface area contributed by atoms with Gasteiger partial charge in [-0.25, -0.2) is 9.40 Å². The zero-order valence-electron chi connectivity index (χ0n) is 13.6. The number of benzene rings is 2. The lowest BCUT2D eigenvalue weighted by Gasteiger charge is -2.21. The van der Waals surface area contributed by atoms with E-state index in [1.54, 1.807) is 17.5 Å². The quantitative estimate of drug-likeness (QED) is 0.745. The number of halogens is 1. The fourth-order valence-corrected chi connectivity index (χ4v) is 3.60. The lowest BCUT2D eigenvalue weighted by atomic mass is 9.98. The van der Waals surface area contributed by atoms with Crippen molar-refractivity contribution in [2.45, 2.75) is 19.4 Å². The van der Waals surface area contributed by atoms with Crippen LogP contribution in [-0.2, 0) is 0 Å². The van der Waals surface area contributed by atoms with E-state index in [9.17, 15) is 9.50 Å². The van der Waals surface area contributed by atoms with E-state index in [4.69, 9.17) is 5.10 Å². The molecule has 1 N–H and O–H groups in total. The molecule has 1 aliphatic heterocycles. The molecule has 1 atom stereocenters. The average molecular weight is 353 g/mol. The number of aromatic hydroxyl groups is 1. The average Bonchev–Trinajstić information content (AvgIpc) is 3.23. The highest BCUT2D eigenvalue weighted by Gasteiger charge is 2.31. The molecule has 2 heterocycles. The number of hydrazone groups is 1. The number of rotatable bonds is 3. The normalized spacial score (nSPS) is 17.0. The molecule has 1 aliphatic rings. The molecule has 0 radical (unpaired) electrons. The number of aryl methyl sites for hydroxylation is 1. The highest BCUT2D eigenvalue weighted by Crippen LogP contribution is 2.38. The molecule has 2 aromatic carbocycles. The first-order valence-electron chi connectivity index (χ1n) is 7.94. The first-order chi connectivity index (χ1) is 12.1. The molecule has 0 bridgehead atoms. The van der Waals surface area contributed by atoms with Gasteiger partial charge in [0.05, 0.1) is 17.1 Å². The summed E-state index contributed by atoms with van der Waals surface area (Å²) < 4.78 is 13.3. The van der Waals surface area contributed by atoms with Crippen LogP contribution in [0.25, 0.3) is 0 Å². The Kier molecular flexibility index (Phi) is 3.97. The molecule has 4 nitrogen and oxygen atoms in total. The van der Waals surface area contributed by atoms with Gasteiger partial charge in [0.25, 0.3) is 0 Å². The van der Waals surface area contributed by atoms with E-state index in [2.05, 4.69) is 29.2 Å². The maximum Gasteiger partial charge on any atom is 0.223 e. The lowest BCUT2D eigenvalue weighted by molar-refractivity contribution is 0.457. The van der Waals surface area contributed by atoms with Gasteiger partial charge in [0.15, 0.2) is 0 Å². The van der Waals surface area contributed by atoms with Crippen molar-refractivity contribution in [2.24, 2.45) is 5.10 Å². The maximum atomic E-state index is 13.3. The first kappa shape index (κ1) is 15.8. The third-order valence-corrected chi connectivity index (χ3v) is 5.04. The lowest BCUT2D eigenvalue weighted by Crippen LogP contribution is -2.18. The highest BCUT2D eigenvalue weighted by atomic mass is 32.1. The molecular weight excluding hydrogens is 337 g/mol. The van der Waals surface area contributed by atoms with Crippen molar-refractivity contribution in [2.75, 3.05) is 5.01 Å². The van der Waals surface area contributed by atoms with E-state index >= 15 is 0 Å². The van der Waals surface area contributed by atoms with Gasteiger partial charge < -0.3 is 5.11 Å². The summed E-state index contributed by atoms with van der Waals surface area (Å²) in [6, 6.07) is 14.6. The Morgan fingerprint density at radius 1 is 1.12 bits per heavy atom. The second kappa shape index (κ2) is 6.29.